The molecule has 0 aliphatic carbocycles. The van der Waals surface area contributed by atoms with Gasteiger partial charge in [-0.05, 0) is 30.7 Å². The largest absolute Gasteiger partial charge is 0.334 e. The van der Waals surface area contributed by atoms with Crippen LogP contribution >= 0.6 is 11.6 Å². The van der Waals surface area contributed by atoms with E-state index in [9.17, 15) is 4.79 Å². The zero-order valence-corrected chi connectivity index (χ0v) is 12.5. The lowest BCUT2D eigenvalue weighted by molar-refractivity contribution is 0.0737. The first-order chi connectivity index (χ1) is 10.0. The van der Waals surface area contributed by atoms with E-state index < -0.39 is 0 Å². The number of nitriles is 1. The Kier molecular flexibility index (Phi) is 4.56. The molecule has 0 aliphatic heterocycles. The highest BCUT2D eigenvalue weighted by Crippen LogP contribution is 2.26. The van der Waals surface area contributed by atoms with Crippen molar-refractivity contribution in [3.63, 3.8) is 0 Å². The van der Waals surface area contributed by atoms with E-state index >= 15 is 0 Å². The molecule has 0 saturated heterocycles. The zero-order chi connectivity index (χ0) is 15.4. The predicted molar refractivity (Wildman–Crippen MR) is 80.9 cm³/mol. The maximum absolute atomic E-state index is 12.4. The summed E-state index contributed by atoms with van der Waals surface area (Å²) in [6, 6.07) is 12.4. The fraction of sp³-hybridized carbons (Fsp3) is 0.188. The number of amides is 1. The van der Waals surface area contributed by atoms with Gasteiger partial charge in [0.05, 0.1) is 11.6 Å². The van der Waals surface area contributed by atoms with Gasteiger partial charge in [-0.25, -0.2) is 4.98 Å². The summed E-state index contributed by atoms with van der Waals surface area (Å²) in [5.41, 5.74) is 1.60. The molecule has 1 atom stereocenters. The Labute approximate surface area is 128 Å². The van der Waals surface area contributed by atoms with E-state index in [2.05, 4.69) is 4.98 Å². The molecule has 0 radical (unpaired) electrons. The lowest BCUT2D eigenvalue weighted by atomic mass is 10.1. The molecule has 1 aromatic carbocycles. The Morgan fingerprint density at radius 2 is 2.05 bits per heavy atom. The number of nitrogens with zero attached hydrogens (tertiary/aromatic N) is 3. The second kappa shape index (κ2) is 6.38. The molecule has 4 nitrogen and oxygen atoms in total. The maximum atomic E-state index is 12.4. The van der Waals surface area contributed by atoms with Crippen molar-refractivity contribution < 1.29 is 4.79 Å². The molecule has 21 heavy (non-hydrogen) atoms. The Morgan fingerprint density at radius 1 is 1.33 bits per heavy atom. The second-order valence-corrected chi connectivity index (χ2v) is 5.06. The van der Waals surface area contributed by atoms with Crippen LogP contribution < -0.4 is 0 Å². The van der Waals surface area contributed by atoms with Crippen molar-refractivity contribution in [2.24, 2.45) is 0 Å². The Hall–Kier alpha value is -2.38. The predicted octanol–water partition coefficient (Wildman–Crippen LogP) is 3.44. The van der Waals surface area contributed by atoms with Gasteiger partial charge in [-0.3, -0.25) is 4.79 Å². The Bertz CT molecular complexity index is 691. The third-order valence-electron chi connectivity index (χ3n) is 3.37. The highest BCUT2D eigenvalue weighted by Gasteiger charge is 2.21. The van der Waals surface area contributed by atoms with Gasteiger partial charge in [0.25, 0.3) is 5.91 Å². The van der Waals surface area contributed by atoms with E-state index in [1.807, 2.05) is 31.2 Å². The number of hydrogen-bond acceptors (Lipinski definition) is 3. The molecule has 0 saturated carbocycles. The molecule has 1 amide bonds. The first kappa shape index (κ1) is 15.0. The van der Waals surface area contributed by atoms with Crippen LogP contribution in [0.15, 0.2) is 42.6 Å². The van der Waals surface area contributed by atoms with E-state index in [0.717, 1.165) is 5.56 Å². The Balaban J connectivity index is 2.22. The summed E-state index contributed by atoms with van der Waals surface area (Å²) in [7, 11) is 1.70. The first-order valence-electron chi connectivity index (χ1n) is 6.42. The van der Waals surface area contributed by atoms with Crippen LogP contribution in [0.25, 0.3) is 0 Å². The van der Waals surface area contributed by atoms with Crippen molar-refractivity contribution >= 4 is 17.5 Å². The van der Waals surface area contributed by atoms with Crippen molar-refractivity contribution in [1.29, 1.82) is 5.26 Å². The van der Waals surface area contributed by atoms with Gasteiger partial charge in [0.1, 0.15) is 11.8 Å². The number of hydrogen-bond donors (Lipinski definition) is 0. The minimum absolute atomic E-state index is 0.177. The molecular formula is C16H14ClN3O. The maximum Gasteiger partial charge on any atom is 0.272 e. The molecule has 0 N–H and O–H groups in total. The van der Waals surface area contributed by atoms with Gasteiger partial charge in [0.15, 0.2) is 0 Å². The number of rotatable bonds is 3. The van der Waals surface area contributed by atoms with Crippen LogP contribution in [-0.2, 0) is 0 Å². The standard InChI is InChI=1S/C16H14ClN3O/c1-11(13-5-3-4-6-14(13)17)20(2)16(21)15-8-7-12(9-18)10-19-15/h3-8,10-11H,1-2H3. The van der Waals surface area contributed by atoms with Gasteiger partial charge in [0.2, 0.25) is 0 Å². The average molecular weight is 300 g/mol. The van der Waals surface area contributed by atoms with Gasteiger partial charge < -0.3 is 4.90 Å². The van der Waals surface area contributed by atoms with Gasteiger partial charge in [-0.15, -0.1) is 0 Å². The van der Waals surface area contributed by atoms with Crippen LogP contribution in [0.4, 0.5) is 0 Å². The third-order valence-corrected chi connectivity index (χ3v) is 3.71. The van der Waals surface area contributed by atoms with Crippen molar-refractivity contribution in [3.8, 4) is 6.07 Å². The molecule has 0 aliphatic rings. The smallest absolute Gasteiger partial charge is 0.272 e. The minimum atomic E-state index is -0.216. The molecule has 0 bridgehead atoms. The quantitative estimate of drug-likeness (QED) is 0.872. The van der Waals surface area contributed by atoms with E-state index in [-0.39, 0.29) is 11.9 Å². The number of pyridine rings is 1. The van der Waals surface area contributed by atoms with Gasteiger partial charge in [-0.2, -0.15) is 5.26 Å². The van der Waals surface area contributed by atoms with Gasteiger partial charge >= 0.3 is 0 Å². The molecule has 0 fully saturated rings. The normalized spacial score (nSPS) is 11.5. The Morgan fingerprint density at radius 3 is 2.62 bits per heavy atom. The van der Waals surface area contributed by atoms with Crippen LogP contribution in [-0.4, -0.2) is 22.8 Å². The molecular weight excluding hydrogens is 286 g/mol. The van der Waals surface area contributed by atoms with E-state index in [4.69, 9.17) is 16.9 Å². The van der Waals surface area contributed by atoms with Crippen molar-refractivity contribution in [3.05, 3.63) is 64.4 Å². The number of carbonyl (C=O) groups excluding carboxylic acids is 1. The molecule has 1 heterocycles. The minimum Gasteiger partial charge on any atom is -0.334 e. The molecule has 5 heteroatoms. The summed E-state index contributed by atoms with van der Waals surface area (Å²) in [6.07, 6.45) is 1.39. The zero-order valence-electron chi connectivity index (χ0n) is 11.7. The summed E-state index contributed by atoms with van der Waals surface area (Å²) in [5, 5.41) is 9.37. The fourth-order valence-electron chi connectivity index (χ4n) is 1.97. The summed E-state index contributed by atoms with van der Waals surface area (Å²) in [6.45, 7) is 1.91. The van der Waals surface area contributed by atoms with Gasteiger partial charge in [-0.1, -0.05) is 29.8 Å². The van der Waals surface area contributed by atoms with Gasteiger partial charge in [0, 0.05) is 18.3 Å². The van der Waals surface area contributed by atoms with Crippen molar-refractivity contribution in [1.82, 2.24) is 9.88 Å². The summed E-state index contributed by atoms with van der Waals surface area (Å²) < 4.78 is 0. The lowest BCUT2D eigenvalue weighted by Crippen LogP contribution is -2.30. The molecule has 0 spiro atoms. The lowest BCUT2D eigenvalue weighted by Gasteiger charge is -2.25. The molecule has 1 unspecified atom stereocenters. The van der Waals surface area contributed by atoms with Crippen LogP contribution in [0.3, 0.4) is 0 Å². The fourth-order valence-corrected chi connectivity index (χ4v) is 2.26. The summed E-state index contributed by atoms with van der Waals surface area (Å²) in [5.74, 6) is -0.216. The first-order valence-corrected chi connectivity index (χ1v) is 6.80. The summed E-state index contributed by atoms with van der Waals surface area (Å²) in [4.78, 5) is 18.0. The number of aromatic nitrogens is 1. The average Bonchev–Trinajstić information content (AvgIpc) is 2.53. The molecule has 2 aromatic rings. The van der Waals surface area contributed by atoms with Crippen LogP contribution in [0, 0.1) is 11.3 Å². The molecule has 1 aromatic heterocycles. The summed E-state index contributed by atoms with van der Waals surface area (Å²) >= 11 is 6.16. The van der Waals surface area contributed by atoms with Crippen molar-refractivity contribution in [2.45, 2.75) is 13.0 Å². The van der Waals surface area contributed by atoms with Crippen LogP contribution in [0.1, 0.15) is 34.6 Å². The highest BCUT2D eigenvalue weighted by atomic mass is 35.5. The van der Waals surface area contributed by atoms with Crippen molar-refractivity contribution in [2.75, 3.05) is 7.05 Å². The topological polar surface area (TPSA) is 57.0 Å². The second-order valence-electron chi connectivity index (χ2n) is 4.66. The highest BCUT2D eigenvalue weighted by molar-refractivity contribution is 6.31. The SMILES string of the molecule is CC(c1ccccc1Cl)N(C)C(=O)c1ccc(C#N)cn1. The van der Waals surface area contributed by atoms with E-state index in [0.29, 0.717) is 16.3 Å². The monoisotopic (exact) mass is 299 g/mol. The van der Waals surface area contributed by atoms with E-state index in [1.165, 1.54) is 6.20 Å². The van der Waals surface area contributed by atoms with Crippen LogP contribution in [0.2, 0.25) is 5.02 Å². The number of carbonyl (C=O) groups is 1. The van der Waals surface area contributed by atoms with Crippen LogP contribution in [0.5, 0.6) is 0 Å². The number of benzene rings is 1. The molecule has 2 rings (SSSR count). The molecule has 106 valence electrons. The third kappa shape index (κ3) is 3.21. The van der Waals surface area contributed by atoms with E-state index in [1.54, 1.807) is 30.1 Å². The number of halogens is 1.